The zero-order valence-electron chi connectivity index (χ0n) is 20.9. The number of hydrogen-bond acceptors (Lipinski definition) is 6. The van der Waals surface area contributed by atoms with Crippen LogP contribution in [0.4, 0.5) is 5.82 Å². The fourth-order valence-corrected chi connectivity index (χ4v) is 5.16. The van der Waals surface area contributed by atoms with Gasteiger partial charge in [-0.2, -0.15) is 5.10 Å². The lowest BCUT2D eigenvalue weighted by atomic mass is 10.1. The van der Waals surface area contributed by atoms with Crippen LogP contribution in [0.1, 0.15) is 17.6 Å². The lowest BCUT2D eigenvalue weighted by Crippen LogP contribution is -2.51. The molecule has 3 fully saturated rings. The Kier molecular flexibility index (Phi) is 4.57. The van der Waals surface area contributed by atoms with E-state index in [1.54, 1.807) is 0 Å². The highest BCUT2D eigenvalue weighted by atomic mass is 32.2. The van der Waals surface area contributed by atoms with Crippen LogP contribution in [0.25, 0.3) is 5.69 Å². The van der Waals surface area contributed by atoms with Crippen LogP contribution in [-0.4, -0.2) is 89.0 Å². The van der Waals surface area contributed by atoms with Gasteiger partial charge < -0.3 is 10.2 Å². The molecule has 2 unspecified atom stereocenters. The Bertz CT molecular complexity index is 947. The molecule has 0 amide bonds. The Labute approximate surface area is 183 Å². The van der Waals surface area contributed by atoms with E-state index >= 15 is 0 Å². The van der Waals surface area contributed by atoms with E-state index in [0.29, 0.717) is 12.6 Å². The summed E-state index contributed by atoms with van der Waals surface area (Å²) in [4.78, 5) is 6.34. The molecule has 3 aliphatic rings. The minimum absolute atomic E-state index is 0.110. The average molecular weight is 417 g/mol. The number of aromatic nitrogens is 2. The molecule has 3 aliphatic heterocycles. The highest BCUT2D eigenvalue weighted by Gasteiger charge is 2.32. The van der Waals surface area contributed by atoms with Crippen molar-refractivity contribution >= 4 is 17.6 Å². The molecule has 4 heterocycles. The number of para-hydroxylation sites is 1. The van der Waals surface area contributed by atoms with Gasteiger partial charge in [-0.3, -0.25) is 9.80 Å². The first-order chi connectivity index (χ1) is 15.7. The van der Waals surface area contributed by atoms with Gasteiger partial charge >= 0.3 is 0 Å². The molecule has 1 N–H and O–H groups in total. The molecule has 0 radical (unpaired) electrons. The summed E-state index contributed by atoms with van der Waals surface area (Å²) in [5.41, 5.74) is 2.09. The number of anilines is 1. The molecule has 3 saturated heterocycles. The first kappa shape index (κ1) is 15.3. The quantitative estimate of drug-likeness (QED) is 0.804. The van der Waals surface area contributed by atoms with Gasteiger partial charge in [-0.25, -0.2) is 4.68 Å². The average Bonchev–Trinajstić information content (AvgIpc) is 3.48. The maximum Gasteiger partial charge on any atom is 0.132 e. The molecule has 1 aromatic heterocycles. The van der Waals surface area contributed by atoms with Crippen molar-refractivity contribution in [3.05, 3.63) is 42.1 Å². The van der Waals surface area contributed by atoms with Gasteiger partial charge in [0.25, 0.3) is 0 Å². The van der Waals surface area contributed by atoms with Crippen LogP contribution in [0.5, 0.6) is 0 Å². The SMILES string of the molecule is [2H]C1([2H])CSC([2H])([2H])N1CC1CC(N2CCN(c3cc(C)nn3-c3ccccc3)CC2)CN1. The zero-order chi connectivity index (χ0) is 23.2. The van der Waals surface area contributed by atoms with Gasteiger partial charge in [0.15, 0.2) is 0 Å². The second-order valence-corrected chi connectivity index (χ2v) is 8.82. The van der Waals surface area contributed by atoms with Gasteiger partial charge in [-0.1, -0.05) is 18.2 Å². The maximum atomic E-state index is 8.18. The minimum atomic E-state index is -1.64. The van der Waals surface area contributed by atoms with Crippen molar-refractivity contribution in [2.75, 3.05) is 62.2 Å². The summed E-state index contributed by atoms with van der Waals surface area (Å²) in [6, 6.07) is 12.9. The highest BCUT2D eigenvalue weighted by Crippen LogP contribution is 2.24. The molecule has 0 aliphatic carbocycles. The molecule has 0 saturated carbocycles. The lowest BCUT2D eigenvalue weighted by molar-refractivity contribution is 0.191. The number of aryl methyl sites for hydroxylation is 1. The Morgan fingerprint density at radius 1 is 1.21 bits per heavy atom. The number of benzene rings is 1. The molecule has 1 aromatic carbocycles. The molecule has 7 heteroatoms. The van der Waals surface area contributed by atoms with Crippen LogP contribution < -0.4 is 10.2 Å². The molecule has 2 atom stereocenters. The molecule has 2 aromatic rings. The summed E-state index contributed by atoms with van der Waals surface area (Å²) in [6.07, 6.45) is 0.925. The number of thioether (sulfide) groups is 1. The van der Waals surface area contributed by atoms with Crippen molar-refractivity contribution in [1.29, 1.82) is 0 Å². The summed E-state index contributed by atoms with van der Waals surface area (Å²) < 4.78 is 34.7. The van der Waals surface area contributed by atoms with E-state index in [4.69, 9.17) is 10.6 Å². The summed E-state index contributed by atoms with van der Waals surface area (Å²) >= 11 is 1.06. The van der Waals surface area contributed by atoms with Crippen molar-refractivity contribution < 1.29 is 5.48 Å². The third kappa shape index (κ3) is 4.33. The van der Waals surface area contributed by atoms with E-state index in [1.165, 1.54) is 4.90 Å². The summed E-state index contributed by atoms with van der Waals surface area (Å²) in [6.45, 7) is 5.53. The fourth-order valence-electron chi connectivity index (χ4n) is 4.58. The van der Waals surface area contributed by atoms with Gasteiger partial charge in [0.1, 0.15) is 5.82 Å². The summed E-state index contributed by atoms with van der Waals surface area (Å²) in [5, 5.41) is 8.25. The fraction of sp³-hybridized carbons (Fsp3) is 0.591. The Hall–Kier alpha value is -1.54. The lowest BCUT2D eigenvalue weighted by Gasteiger charge is -2.38. The van der Waals surface area contributed by atoms with Gasteiger partial charge in [0.05, 0.1) is 14.1 Å². The van der Waals surface area contributed by atoms with Gasteiger partial charge in [0.2, 0.25) is 0 Å². The van der Waals surface area contributed by atoms with Crippen LogP contribution in [0.2, 0.25) is 0 Å². The predicted molar refractivity (Wildman–Crippen MR) is 121 cm³/mol. The second kappa shape index (κ2) is 8.68. The van der Waals surface area contributed by atoms with Crippen LogP contribution in [0, 0.1) is 6.92 Å². The van der Waals surface area contributed by atoms with E-state index in [-0.39, 0.29) is 11.8 Å². The molecule has 5 rings (SSSR count). The first-order valence-corrected chi connectivity index (χ1v) is 11.5. The molecule has 0 spiro atoms. The van der Waals surface area contributed by atoms with E-state index in [9.17, 15) is 0 Å². The number of piperazine rings is 1. The Morgan fingerprint density at radius 3 is 2.79 bits per heavy atom. The van der Waals surface area contributed by atoms with Crippen LogP contribution in [-0.2, 0) is 0 Å². The molecular weight excluding hydrogens is 380 g/mol. The molecule has 6 nitrogen and oxygen atoms in total. The van der Waals surface area contributed by atoms with Crippen LogP contribution in [0.3, 0.4) is 0 Å². The topological polar surface area (TPSA) is 39.6 Å². The standard InChI is InChI=1S/C22H32N6S/c1-18-13-22(28(24-18)20-5-3-2-4-6-20)27-9-7-26(8-10-27)21-14-19(23-15-21)16-25-11-12-29-17-25/h2-6,13,19,21,23H,7-12,14-17H2,1H3/i11D2,17D2. The summed E-state index contributed by atoms with van der Waals surface area (Å²) in [7, 11) is 0. The van der Waals surface area contributed by atoms with Gasteiger partial charge in [-0.05, 0) is 25.5 Å². The zero-order valence-corrected chi connectivity index (χ0v) is 17.7. The highest BCUT2D eigenvalue weighted by molar-refractivity contribution is 7.99. The molecule has 156 valence electrons. The number of nitrogens with one attached hydrogen (secondary N) is 1. The van der Waals surface area contributed by atoms with Crippen LogP contribution in [0.15, 0.2) is 36.4 Å². The predicted octanol–water partition coefficient (Wildman–Crippen LogP) is 2.04. The van der Waals surface area contributed by atoms with Crippen LogP contribution >= 0.6 is 11.8 Å². The normalized spacial score (nSPS) is 32.0. The smallest absolute Gasteiger partial charge is 0.132 e. The largest absolute Gasteiger partial charge is 0.354 e. The maximum absolute atomic E-state index is 8.18. The van der Waals surface area contributed by atoms with Crippen molar-refractivity contribution in [3.8, 4) is 5.69 Å². The third-order valence-electron chi connectivity index (χ3n) is 6.07. The van der Waals surface area contributed by atoms with E-state index in [0.717, 1.165) is 68.1 Å². The monoisotopic (exact) mass is 416 g/mol. The number of nitrogens with zero attached hydrogens (tertiary/aromatic N) is 5. The van der Waals surface area contributed by atoms with Gasteiger partial charge in [0, 0.05) is 78.2 Å². The second-order valence-electron chi connectivity index (χ2n) is 8.06. The minimum Gasteiger partial charge on any atom is -0.354 e. The van der Waals surface area contributed by atoms with Gasteiger partial charge in [-0.15, -0.1) is 11.8 Å². The van der Waals surface area contributed by atoms with E-state index < -0.39 is 12.3 Å². The van der Waals surface area contributed by atoms with Crippen molar-refractivity contribution in [2.24, 2.45) is 0 Å². The molecule has 0 bridgehead atoms. The van der Waals surface area contributed by atoms with Crippen molar-refractivity contribution in [1.82, 2.24) is 24.9 Å². The number of hydrogen-bond donors (Lipinski definition) is 1. The first-order valence-electron chi connectivity index (χ1n) is 12.5. The Balaban J connectivity index is 1.18. The Morgan fingerprint density at radius 2 is 2.03 bits per heavy atom. The molecular formula is C22H32N6S. The third-order valence-corrected chi connectivity index (χ3v) is 6.70. The molecule has 29 heavy (non-hydrogen) atoms. The van der Waals surface area contributed by atoms with E-state index in [2.05, 4.69) is 33.3 Å². The number of rotatable bonds is 5. The van der Waals surface area contributed by atoms with Crippen molar-refractivity contribution in [2.45, 2.75) is 25.4 Å². The van der Waals surface area contributed by atoms with E-state index in [1.807, 2.05) is 29.8 Å². The summed E-state index contributed by atoms with van der Waals surface area (Å²) in [5.74, 6) is -0.330. The van der Waals surface area contributed by atoms with Crippen molar-refractivity contribution in [3.63, 3.8) is 0 Å².